The highest BCUT2D eigenvalue weighted by atomic mass is 19.4. The zero-order chi connectivity index (χ0) is 23.7. The third kappa shape index (κ3) is 4.04. The van der Waals surface area contributed by atoms with Gasteiger partial charge < -0.3 is 9.73 Å². The van der Waals surface area contributed by atoms with Gasteiger partial charge in [-0.3, -0.25) is 0 Å². The van der Waals surface area contributed by atoms with Crippen LogP contribution in [-0.4, -0.2) is 15.2 Å². The molecule has 0 aliphatic heterocycles. The first-order valence-electron chi connectivity index (χ1n) is 10.1. The van der Waals surface area contributed by atoms with Crippen LogP contribution in [0, 0.1) is 11.3 Å². The summed E-state index contributed by atoms with van der Waals surface area (Å²) < 4.78 is 47.7. The van der Waals surface area contributed by atoms with Gasteiger partial charge in [0.05, 0.1) is 22.7 Å². The monoisotopic (exact) mass is 457 g/mol. The highest BCUT2D eigenvalue weighted by Gasteiger charge is 2.35. The van der Waals surface area contributed by atoms with Crippen molar-refractivity contribution >= 4 is 22.6 Å². The lowest BCUT2D eigenvalue weighted by Gasteiger charge is -2.14. The summed E-state index contributed by atoms with van der Waals surface area (Å²) in [6.07, 6.45) is -4.70. The number of aromatic nitrogens is 3. The summed E-state index contributed by atoms with van der Waals surface area (Å²) in [5.41, 5.74) is 0.278. The quantitative estimate of drug-likeness (QED) is 0.328. The second-order valence-corrected chi connectivity index (χ2v) is 7.35. The van der Waals surface area contributed by atoms with E-state index in [0.717, 1.165) is 6.07 Å². The molecule has 0 aliphatic rings. The molecule has 0 atom stereocenters. The van der Waals surface area contributed by atoms with Crippen LogP contribution in [0.5, 0.6) is 0 Å². The average Bonchev–Trinajstić information content (AvgIpc) is 3.31. The summed E-state index contributed by atoms with van der Waals surface area (Å²) >= 11 is 0. The van der Waals surface area contributed by atoms with Crippen LogP contribution in [0.3, 0.4) is 0 Å². The Morgan fingerprint density at radius 1 is 0.853 bits per heavy atom. The van der Waals surface area contributed by atoms with Gasteiger partial charge in [0.1, 0.15) is 5.69 Å². The number of halogens is 3. The molecule has 3 aromatic carbocycles. The number of benzene rings is 3. The van der Waals surface area contributed by atoms with Gasteiger partial charge in [0.2, 0.25) is 0 Å². The van der Waals surface area contributed by atoms with Crippen LogP contribution in [0.25, 0.3) is 33.6 Å². The van der Waals surface area contributed by atoms with Crippen LogP contribution in [0.4, 0.5) is 24.9 Å². The first kappa shape index (κ1) is 21.2. The molecular formula is C25H14F3N5O. The second-order valence-electron chi connectivity index (χ2n) is 7.35. The van der Waals surface area contributed by atoms with Crippen LogP contribution >= 0.6 is 0 Å². The number of nitriles is 1. The van der Waals surface area contributed by atoms with Crippen LogP contribution in [-0.2, 0) is 6.18 Å². The molecule has 0 radical (unpaired) electrons. The molecule has 0 aliphatic carbocycles. The molecule has 5 rings (SSSR count). The van der Waals surface area contributed by atoms with Crippen LogP contribution in [0.15, 0.2) is 83.3 Å². The fraction of sp³-hybridized carbons (Fsp3) is 0.0400. The van der Waals surface area contributed by atoms with E-state index in [9.17, 15) is 18.4 Å². The molecule has 166 valence electrons. The maximum absolute atomic E-state index is 14.0. The summed E-state index contributed by atoms with van der Waals surface area (Å²) in [6.45, 7) is 0. The molecule has 6 nitrogen and oxygen atoms in total. The van der Waals surface area contributed by atoms with Gasteiger partial charge in [0.15, 0.2) is 0 Å². The van der Waals surface area contributed by atoms with Crippen molar-refractivity contribution in [3.05, 3.63) is 90.0 Å². The first-order valence-corrected chi connectivity index (χ1v) is 10.1. The van der Waals surface area contributed by atoms with E-state index in [0.29, 0.717) is 16.8 Å². The van der Waals surface area contributed by atoms with Crippen molar-refractivity contribution < 1.29 is 17.6 Å². The van der Waals surface area contributed by atoms with E-state index in [1.54, 1.807) is 42.5 Å². The summed E-state index contributed by atoms with van der Waals surface area (Å²) in [6, 6.07) is 23.6. The van der Waals surface area contributed by atoms with E-state index in [2.05, 4.69) is 20.5 Å². The van der Waals surface area contributed by atoms with Crippen LogP contribution < -0.4 is 5.32 Å². The van der Waals surface area contributed by atoms with E-state index in [1.165, 1.54) is 12.1 Å². The topological polar surface area (TPSA) is 87.6 Å². The number of anilines is 2. The minimum atomic E-state index is -4.70. The van der Waals surface area contributed by atoms with Crippen molar-refractivity contribution in [1.29, 1.82) is 5.26 Å². The average molecular weight is 457 g/mol. The standard InChI is InChI=1S/C25H14F3N5O/c26-25(27,28)20-12-16(15-7-3-1-4-8-15)11-19-17(14-29)13-21(31-22(19)20)23-32-33-24(34-23)30-18-9-5-2-6-10-18/h1-13H,(H,30,33). The van der Waals surface area contributed by atoms with E-state index in [4.69, 9.17) is 4.42 Å². The molecule has 0 saturated carbocycles. The molecule has 34 heavy (non-hydrogen) atoms. The molecule has 0 unspecified atom stereocenters. The first-order chi connectivity index (χ1) is 16.4. The highest BCUT2D eigenvalue weighted by molar-refractivity contribution is 5.93. The lowest BCUT2D eigenvalue weighted by molar-refractivity contribution is -0.136. The zero-order valence-electron chi connectivity index (χ0n) is 17.3. The predicted octanol–water partition coefficient (Wildman–Crippen LogP) is 6.59. The Hall–Kier alpha value is -4.71. The molecule has 0 saturated heterocycles. The van der Waals surface area contributed by atoms with Gasteiger partial charge in [-0.05, 0) is 41.5 Å². The number of nitrogens with zero attached hydrogens (tertiary/aromatic N) is 4. The second kappa shape index (κ2) is 8.33. The number of hydrogen-bond donors (Lipinski definition) is 1. The Morgan fingerprint density at radius 3 is 2.24 bits per heavy atom. The minimum absolute atomic E-state index is 0.0130. The predicted molar refractivity (Wildman–Crippen MR) is 120 cm³/mol. The van der Waals surface area contributed by atoms with Gasteiger partial charge >= 0.3 is 12.2 Å². The number of pyridine rings is 1. The zero-order valence-corrected chi connectivity index (χ0v) is 17.3. The molecule has 2 aromatic heterocycles. The summed E-state index contributed by atoms with van der Waals surface area (Å²) in [7, 11) is 0. The van der Waals surface area contributed by atoms with Gasteiger partial charge in [-0.2, -0.15) is 18.4 Å². The Morgan fingerprint density at radius 2 is 1.56 bits per heavy atom. The Bertz CT molecular complexity index is 1520. The number of nitrogens with one attached hydrogen (secondary N) is 1. The maximum atomic E-state index is 14.0. The van der Waals surface area contributed by atoms with Gasteiger partial charge in [0, 0.05) is 11.1 Å². The summed E-state index contributed by atoms with van der Waals surface area (Å²) in [5.74, 6) is -0.114. The van der Waals surface area contributed by atoms with Crippen molar-refractivity contribution in [3.8, 4) is 28.8 Å². The van der Waals surface area contributed by atoms with Gasteiger partial charge in [0.25, 0.3) is 5.89 Å². The lowest BCUT2D eigenvalue weighted by Crippen LogP contribution is -2.08. The van der Waals surface area contributed by atoms with Gasteiger partial charge in [-0.1, -0.05) is 53.6 Å². The molecular weight excluding hydrogens is 443 g/mol. The molecule has 9 heteroatoms. The largest absolute Gasteiger partial charge is 0.418 e. The third-order valence-electron chi connectivity index (χ3n) is 5.12. The van der Waals surface area contributed by atoms with E-state index in [1.807, 2.05) is 24.3 Å². The smallest absolute Gasteiger partial charge is 0.401 e. The van der Waals surface area contributed by atoms with E-state index >= 15 is 0 Å². The Kier molecular flexibility index (Phi) is 5.18. The fourth-order valence-electron chi connectivity index (χ4n) is 3.57. The molecule has 1 N–H and O–H groups in total. The van der Waals surface area contributed by atoms with Gasteiger partial charge in [-0.25, -0.2) is 4.98 Å². The van der Waals surface area contributed by atoms with Crippen LogP contribution in [0.2, 0.25) is 0 Å². The number of hydrogen-bond acceptors (Lipinski definition) is 6. The fourth-order valence-corrected chi connectivity index (χ4v) is 3.57. The Labute approximate surface area is 191 Å². The molecule has 0 amide bonds. The molecule has 0 bridgehead atoms. The SMILES string of the molecule is N#Cc1cc(-c2nnc(Nc3ccccc3)o2)nc2c(C(F)(F)F)cc(-c3ccccc3)cc12. The molecule has 5 aromatic rings. The number of rotatable bonds is 4. The molecule has 2 heterocycles. The normalized spacial score (nSPS) is 11.4. The minimum Gasteiger partial charge on any atom is -0.401 e. The summed E-state index contributed by atoms with van der Waals surface area (Å²) in [5, 5.41) is 20.5. The lowest BCUT2D eigenvalue weighted by atomic mass is 9.96. The highest BCUT2D eigenvalue weighted by Crippen LogP contribution is 2.39. The van der Waals surface area contributed by atoms with Gasteiger partial charge in [-0.15, -0.1) is 5.10 Å². The Balaban J connectivity index is 1.65. The van der Waals surface area contributed by atoms with E-state index in [-0.39, 0.29) is 34.1 Å². The number of fused-ring (bicyclic) bond motifs is 1. The van der Waals surface area contributed by atoms with Crippen molar-refractivity contribution in [2.75, 3.05) is 5.32 Å². The number of alkyl halides is 3. The van der Waals surface area contributed by atoms with Crippen LogP contribution in [0.1, 0.15) is 11.1 Å². The number of para-hydroxylation sites is 1. The molecule has 0 fully saturated rings. The van der Waals surface area contributed by atoms with Crippen molar-refractivity contribution in [2.24, 2.45) is 0 Å². The maximum Gasteiger partial charge on any atom is 0.418 e. The van der Waals surface area contributed by atoms with Crippen molar-refractivity contribution in [3.63, 3.8) is 0 Å². The third-order valence-corrected chi connectivity index (χ3v) is 5.12. The summed E-state index contributed by atoms with van der Waals surface area (Å²) in [4.78, 5) is 4.18. The van der Waals surface area contributed by atoms with Crippen molar-refractivity contribution in [1.82, 2.24) is 15.2 Å². The van der Waals surface area contributed by atoms with E-state index < -0.39 is 11.7 Å². The van der Waals surface area contributed by atoms with Crippen molar-refractivity contribution in [2.45, 2.75) is 6.18 Å². The molecule has 0 spiro atoms.